The summed E-state index contributed by atoms with van der Waals surface area (Å²) in [4.78, 5) is 7.57. The number of nitrogens with one attached hydrogen (secondary N) is 1. The van der Waals surface area contributed by atoms with Crippen molar-refractivity contribution in [3.05, 3.63) is 11.7 Å². The first-order chi connectivity index (χ1) is 11.8. The SMILES string of the molecule is C1CNCC(CN2C[C@H]3CCC[C@@]3(c3nc(CC4CC4)no3)C2)C1. The van der Waals surface area contributed by atoms with E-state index in [-0.39, 0.29) is 5.41 Å². The van der Waals surface area contributed by atoms with E-state index in [2.05, 4.69) is 15.4 Å². The van der Waals surface area contributed by atoms with Gasteiger partial charge >= 0.3 is 0 Å². The van der Waals surface area contributed by atoms with E-state index in [1.807, 2.05) is 0 Å². The zero-order valence-corrected chi connectivity index (χ0v) is 14.7. The molecule has 5 rings (SSSR count). The van der Waals surface area contributed by atoms with Crippen LogP contribution in [0.1, 0.15) is 56.7 Å². The molecule has 2 saturated carbocycles. The van der Waals surface area contributed by atoms with Crippen molar-refractivity contribution in [1.82, 2.24) is 20.4 Å². The minimum Gasteiger partial charge on any atom is -0.339 e. The average Bonchev–Trinajstić information content (AvgIpc) is 2.97. The normalized spacial score (nSPS) is 37.0. The highest BCUT2D eigenvalue weighted by molar-refractivity contribution is 5.17. The summed E-state index contributed by atoms with van der Waals surface area (Å²) in [6.07, 6.45) is 10.3. The zero-order chi connectivity index (χ0) is 16.0. The minimum absolute atomic E-state index is 0.164. The summed E-state index contributed by atoms with van der Waals surface area (Å²) in [7, 11) is 0. The van der Waals surface area contributed by atoms with E-state index in [0.717, 1.165) is 42.4 Å². The highest BCUT2D eigenvalue weighted by Crippen LogP contribution is 2.50. The highest BCUT2D eigenvalue weighted by Gasteiger charge is 2.54. The van der Waals surface area contributed by atoms with Crippen LogP contribution in [0.4, 0.5) is 0 Å². The van der Waals surface area contributed by atoms with E-state index in [1.165, 1.54) is 71.1 Å². The van der Waals surface area contributed by atoms with Gasteiger partial charge in [-0.05, 0) is 69.4 Å². The summed E-state index contributed by atoms with van der Waals surface area (Å²) < 4.78 is 5.82. The maximum absolute atomic E-state index is 5.82. The largest absolute Gasteiger partial charge is 0.339 e. The Bertz CT molecular complexity index is 578. The Morgan fingerprint density at radius 1 is 1.17 bits per heavy atom. The quantitative estimate of drug-likeness (QED) is 0.898. The van der Waals surface area contributed by atoms with Gasteiger partial charge in [-0.3, -0.25) is 0 Å². The Hall–Kier alpha value is -0.940. The van der Waals surface area contributed by atoms with Crippen LogP contribution in [0.5, 0.6) is 0 Å². The molecule has 3 heterocycles. The van der Waals surface area contributed by atoms with Crippen LogP contribution in [0.25, 0.3) is 0 Å². The lowest BCUT2D eigenvalue weighted by Gasteiger charge is -2.29. The Labute approximate surface area is 144 Å². The van der Waals surface area contributed by atoms with Crippen LogP contribution in [0, 0.1) is 17.8 Å². The van der Waals surface area contributed by atoms with Crippen LogP contribution in [0.2, 0.25) is 0 Å². The number of aromatic nitrogens is 2. The topological polar surface area (TPSA) is 54.2 Å². The molecule has 2 saturated heterocycles. The maximum Gasteiger partial charge on any atom is 0.234 e. The summed E-state index contributed by atoms with van der Waals surface area (Å²) >= 11 is 0. The second-order valence-electron chi connectivity index (χ2n) is 8.82. The molecule has 1 unspecified atom stereocenters. The Morgan fingerprint density at radius 2 is 2.12 bits per heavy atom. The summed E-state index contributed by atoms with van der Waals surface area (Å²) in [5, 5.41) is 7.88. The van der Waals surface area contributed by atoms with Gasteiger partial charge in [0.25, 0.3) is 0 Å². The second-order valence-corrected chi connectivity index (χ2v) is 8.82. The predicted octanol–water partition coefficient (Wildman–Crippen LogP) is 2.38. The number of fused-ring (bicyclic) bond motifs is 1. The van der Waals surface area contributed by atoms with Crippen molar-refractivity contribution < 1.29 is 4.52 Å². The van der Waals surface area contributed by atoms with Gasteiger partial charge in [-0.15, -0.1) is 0 Å². The number of hydrogen-bond donors (Lipinski definition) is 1. The number of piperidine rings is 1. The van der Waals surface area contributed by atoms with Gasteiger partial charge in [0.1, 0.15) is 0 Å². The van der Waals surface area contributed by atoms with Gasteiger partial charge in [-0.25, -0.2) is 0 Å². The molecule has 132 valence electrons. The van der Waals surface area contributed by atoms with E-state index in [4.69, 9.17) is 9.51 Å². The fraction of sp³-hybridized carbons (Fsp3) is 0.895. The van der Waals surface area contributed by atoms with Gasteiger partial charge in [0.2, 0.25) is 5.89 Å². The fourth-order valence-electron chi connectivity index (χ4n) is 5.45. The molecule has 0 spiro atoms. The fourth-order valence-corrected chi connectivity index (χ4v) is 5.45. The molecule has 24 heavy (non-hydrogen) atoms. The average molecular weight is 330 g/mol. The highest BCUT2D eigenvalue weighted by atomic mass is 16.5. The first kappa shape index (κ1) is 15.3. The minimum atomic E-state index is 0.164. The molecule has 1 N–H and O–H groups in total. The molecule has 0 radical (unpaired) electrons. The number of rotatable bonds is 5. The van der Waals surface area contributed by atoms with Crippen molar-refractivity contribution in [1.29, 1.82) is 0 Å². The van der Waals surface area contributed by atoms with Gasteiger partial charge in [0, 0.05) is 26.1 Å². The van der Waals surface area contributed by atoms with Crippen LogP contribution < -0.4 is 5.32 Å². The molecule has 4 aliphatic rings. The first-order valence-electron chi connectivity index (χ1n) is 10.1. The van der Waals surface area contributed by atoms with Gasteiger partial charge in [0.15, 0.2) is 5.82 Å². The maximum atomic E-state index is 5.82. The molecule has 2 aliphatic carbocycles. The second kappa shape index (κ2) is 6.10. The van der Waals surface area contributed by atoms with E-state index in [0.29, 0.717) is 0 Å². The van der Waals surface area contributed by atoms with Crippen molar-refractivity contribution in [2.24, 2.45) is 17.8 Å². The third kappa shape index (κ3) is 2.80. The number of likely N-dealkylation sites (tertiary alicyclic amines) is 1. The lowest BCUT2D eigenvalue weighted by molar-refractivity contribution is 0.214. The number of hydrogen-bond acceptors (Lipinski definition) is 5. The van der Waals surface area contributed by atoms with E-state index in [9.17, 15) is 0 Å². The van der Waals surface area contributed by atoms with Crippen molar-refractivity contribution in [2.45, 2.75) is 56.8 Å². The molecular formula is C19H30N4O. The molecule has 4 fully saturated rings. The zero-order valence-electron chi connectivity index (χ0n) is 14.7. The predicted molar refractivity (Wildman–Crippen MR) is 91.8 cm³/mol. The summed E-state index contributed by atoms with van der Waals surface area (Å²) in [5.74, 6) is 4.30. The molecule has 5 heteroatoms. The van der Waals surface area contributed by atoms with E-state index in [1.54, 1.807) is 0 Å². The monoisotopic (exact) mass is 330 g/mol. The standard InChI is InChI=1S/C19H30N4O/c1-4-16-12-23(11-15-3-2-8-20-10-15)13-19(16,7-1)18-21-17(22-24-18)9-14-5-6-14/h14-16,20H,1-13H2/t15?,16-,19-/m1/s1. The van der Waals surface area contributed by atoms with Crippen LogP contribution in [-0.4, -0.2) is 47.8 Å². The summed E-state index contributed by atoms with van der Waals surface area (Å²) in [6.45, 7) is 6.01. The van der Waals surface area contributed by atoms with Crippen LogP contribution in [0.3, 0.4) is 0 Å². The van der Waals surface area contributed by atoms with Crippen molar-refractivity contribution >= 4 is 0 Å². The van der Waals surface area contributed by atoms with E-state index >= 15 is 0 Å². The van der Waals surface area contributed by atoms with Gasteiger partial charge in [-0.2, -0.15) is 4.98 Å². The Kier molecular flexibility index (Phi) is 3.89. The van der Waals surface area contributed by atoms with Crippen LogP contribution >= 0.6 is 0 Å². The van der Waals surface area contributed by atoms with Crippen molar-refractivity contribution in [3.63, 3.8) is 0 Å². The van der Waals surface area contributed by atoms with Gasteiger partial charge < -0.3 is 14.7 Å². The molecule has 1 aromatic rings. The van der Waals surface area contributed by atoms with Crippen molar-refractivity contribution in [3.8, 4) is 0 Å². The molecule has 0 amide bonds. The van der Waals surface area contributed by atoms with Crippen LogP contribution in [-0.2, 0) is 11.8 Å². The smallest absolute Gasteiger partial charge is 0.234 e. The van der Waals surface area contributed by atoms with Gasteiger partial charge in [-0.1, -0.05) is 11.6 Å². The molecular weight excluding hydrogens is 300 g/mol. The van der Waals surface area contributed by atoms with E-state index < -0.39 is 0 Å². The lowest BCUT2D eigenvalue weighted by atomic mass is 9.80. The van der Waals surface area contributed by atoms with Crippen molar-refractivity contribution in [2.75, 3.05) is 32.7 Å². The van der Waals surface area contributed by atoms with Crippen LogP contribution in [0.15, 0.2) is 4.52 Å². The molecule has 2 aliphatic heterocycles. The molecule has 1 aromatic heterocycles. The Balaban J connectivity index is 1.30. The lowest BCUT2D eigenvalue weighted by Crippen LogP contribution is -2.39. The molecule has 0 bridgehead atoms. The third-order valence-corrected chi connectivity index (χ3v) is 6.92. The molecule has 0 aromatic carbocycles. The summed E-state index contributed by atoms with van der Waals surface area (Å²) in [6, 6.07) is 0. The summed E-state index contributed by atoms with van der Waals surface area (Å²) in [5.41, 5.74) is 0.164. The first-order valence-corrected chi connectivity index (χ1v) is 10.1. The third-order valence-electron chi connectivity index (χ3n) is 6.92. The molecule has 5 nitrogen and oxygen atoms in total. The Morgan fingerprint density at radius 3 is 2.96 bits per heavy atom. The van der Waals surface area contributed by atoms with Gasteiger partial charge in [0.05, 0.1) is 5.41 Å². The molecule has 3 atom stereocenters. The number of nitrogens with zero attached hydrogens (tertiary/aromatic N) is 3.